The van der Waals surface area contributed by atoms with Gasteiger partial charge in [-0.05, 0) is 0 Å². The summed E-state index contributed by atoms with van der Waals surface area (Å²) >= 11 is 0. The van der Waals surface area contributed by atoms with E-state index in [2.05, 4.69) is 20.7 Å². The van der Waals surface area contributed by atoms with Gasteiger partial charge in [-0.2, -0.15) is 8.42 Å². The molecule has 0 atom stereocenters. The largest absolute Gasteiger partial charge is 0.397 e. The highest BCUT2D eigenvalue weighted by atomic mass is 32.3. The van der Waals surface area contributed by atoms with Crippen LogP contribution in [-0.2, 0) is 14.6 Å². The van der Waals surface area contributed by atoms with E-state index in [-0.39, 0.29) is 0 Å². The fraction of sp³-hybridized carbons (Fsp3) is 0.667. The number of rotatable bonds is 5. The Hall–Kier alpha value is -0.960. The van der Waals surface area contributed by atoms with Gasteiger partial charge in [-0.3, -0.25) is 13.7 Å². The topological polar surface area (TPSA) is 105 Å². The van der Waals surface area contributed by atoms with Crippen molar-refractivity contribution >= 4 is 16.2 Å². The molecule has 0 aromatic heterocycles. The third-order valence-electron chi connectivity index (χ3n) is 1.97. The Bertz CT molecular complexity index is 353. The van der Waals surface area contributed by atoms with Crippen molar-refractivity contribution in [3.05, 3.63) is 12.7 Å². The van der Waals surface area contributed by atoms with Crippen LogP contribution in [0.15, 0.2) is 17.6 Å². The monoisotopic (exact) mass is 265 g/mol. The Morgan fingerprint density at radius 2 is 2.29 bits per heavy atom. The van der Waals surface area contributed by atoms with Crippen molar-refractivity contribution in [1.29, 1.82) is 0 Å². The van der Waals surface area contributed by atoms with Crippen LogP contribution in [-0.4, -0.2) is 57.0 Å². The van der Waals surface area contributed by atoms with Crippen LogP contribution in [0.1, 0.15) is 6.42 Å². The minimum Gasteiger partial charge on any atom is -0.357 e. The third-order valence-corrected chi connectivity index (χ3v) is 2.39. The Morgan fingerprint density at radius 3 is 2.71 bits per heavy atom. The summed E-state index contributed by atoms with van der Waals surface area (Å²) in [6.07, 6.45) is 2.76. The van der Waals surface area contributed by atoms with Gasteiger partial charge < -0.3 is 10.6 Å². The average Bonchev–Trinajstić information content (AvgIpc) is 2.67. The molecule has 0 spiro atoms. The first-order valence-corrected chi connectivity index (χ1v) is 6.43. The van der Waals surface area contributed by atoms with Gasteiger partial charge in [0.2, 0.25) is 0 Å². The molecular weight excluding hydrogens is 246 g/mol. The van der Waals surface area contributed by atoms with Crippen LogP contribution in [0.5, 0.6) is 0 Å². The van der Waals surface area contributed by atoms with Crippen molar-refractivity contribution in [1.82, 2.24) is 4.90 Å². The van der Waals surface area contributed by atoms with Crippen molar-refractivity contribution in [2.24, 2.45) is 10.7 Å². The number of aliphatic imine (C=N–C) groups is 1. The molecule has 0 aromatic carbocycles. The zero-order valence-corrected chi connectivity index (χ0v) is 10.7. The lowest BCUT2D eigenvalue weighted by molar-refractivity contribution is 0.324. The van der Waals surface area contributed by atoms with Gasteiger partial charge in [0.05, 0.1) is 13.7 Å². The van der Waals surface area contributed by atoms with Crippen molar-refractivity contribution in [2.75, 3.05) is 33.3 Å². The molecule has 7 nitrogen and oxygen atoms in total. The molecule has 0 aromatic rings. The van der Waals surface area contributed by atoms with E-state index in [0.29, 0.717) is 6.54 Å². The lowest BCUT2D eigenvalue weighted by atomic mass is 10.3. The van der Waals surface area contributed by atoms with Crippen molar-refractivity contribution in [3.63, 3.8) is 0 Å². The van der Waals surface area contributed by atoms with E-state index in [9.17, 15) is 8.42 Å². The van der Waals surface area contributed by atoms with Gasteiger partial charge in [-0.15, -0.1) is 6.58 Å². The minimum absolute atomic E-state index is 0.705. The van der Waals surface area contributed by atoms with Gasteiger partial charge in [-0.1, -0.05) is 6.08 Å². The first kappa shape index (κ1) is 16.0. The van der Waals surface area contributed by atoms with E-state index in [0.717, 1.165) is 39.0 Å². The Labute approximate surface area is 102 Å². The molecule has 3 N–H and O–H groups in total. The van der Waals surface area contributed by atoms with E-state index in [1.807, 2.05) is 6.08 Å². The van der Waals surface area contributed by atoms with Gasteiger partial charge in [0, 0.05) is 26.1 Å². The smallest absolute Gasteiger partial charge is 0.357 e. The standard InChI is InChI=1S/C8H15N3.CH4O4S/c1-2-3-8-10-5-7-11(8)6-4-9;1-5-6(2,3)4/h2H,1,3-7,9H2;1H3,(H,2,3,4). The molecule has 0 bridgehead atoms. The summed E-state index contributed by atoms with van der Waals surface area (Å²) in [7, 11) is -3.29. The quantitative estimate of drug-likeness (QED) is 0.521. The molecule has 0 saturated heterocycles. The summed E-state index contributed by atoms with van der Waals surface area (Å²) in [6.45, 7) is 7.26. The number of nitrogens with two attached hydrogens (primary N) is 1. The number of amidine groups is 1. The fourth-order valence-corrected chi connectivity index (χ4v) is 1.25. The lowest BCUT2D eigenvalue weighted by Crippen LogP contribution is -2.32. The first-order chi connectivity index (χ1) is 7.94. The van der Waals surface area contributed by atoms with Crippen LogP contribution in [0.4, 0.5) is 0 Å². The van der Waals surface area contributed by atoms with Gasteiger partial charge in [0.25, 0.3) is 0 Å². The van der Waals surface area contributed by atoms with Crippen LogP contribution < -0.4 is 5.73 Å². The Balaban J connectivity index is 0.000000366. The summed E-state index contributed by atoms with van der Waals surface area (Å²) in [6, 6.07) is 0. The number of hydrogen-bond donors (Lipinski definition) is 2. The summed E-state index contributed by atoms with van der Waals surface area (Å²) in [4.78, 5) is 6.57. The van der Waals surface area contributed by atoms with E-state index in [4.69, 9.17) is 10.3 Å². The predicted octanol–water partition coefficient (Wildman–Crippen LogP) is -0.329. The molecule has 0 unspecified atom stereocenters. The van der Waals surface area contributed by atoms with Gasteiger partial charge in [0.15, 0.2) is 0 Å². The maximum absolute atomic E-state index is 9.33. The highest BCUT2D eigenvalue weighted by Gasteiger charge is 2.13. The molecule has 0 aliphatic carbocycles. The highest BCUT2D eigenvalue weighted by molar-refractivity contribution is 7.80. The van der Waals surface area contributed by atoms with Crippen LogP contribution in [0.3, 0.4) is 0 Å². The molecule has 1 heterocycles. The lowest BCUT2D eigenvalue weighted by Gasteiger charge is -2.17. The first-order valence-electron chi connectivity index (χ1n) is 5.07. The van der Waals surface area contributed by atoms with Crippen LogP contribution in [0, 0.1) is 0 Å². The third kappa shape index (κ3) is 7.86. The zero-order valence-electron chi connectivity index (χ0n) is 9.87. The molecule has 1 aliphatic rings. The fourth-order valence-electron chi connectivity index (χ4n) is 1.25. The number of hydrogen-bond acceptors (Lipinski definition) is 6. The second-order valence-corrected chi connectivity index (χ2v) is 4.35. The van der Waals surface area contributed by atoms with E-state index < -0.39 is 10.4 Å². The molecule has 1 rings (SSSR count). The normalized spacial score (nSPS) is 15.0. The molecule has 0 fully saturated rings. The van der Waals surface area contributed by atoms with E-state index in [1.165, 1.54) is 0 Å². The second-order valence-electron chi connectivity index (χ2n) is 3.16. The molecule has 1 aliphatic heterocycles. The Kier molecular flexibility index (Phi) is 7.72. The predicted molar refractivity (Wildman–Crippen MR) is 66.3 cm³/mol. The summed E-state index contributed by atoms with van der Waals surface area (Å²) < 4.78 is 29.7. The molecule has 8 heteroatoms. The maximum Gasteiger partial charge on any atom is 0.397 e. The molecule has 17 heavy (non-hydrogen) atoms. The average molecular weight is 265 g/mol. The van der Waals surface area contributed by atoms with Gasteiger partial charge in [0.1, 0.15) is 5.84 Å². The minimum atomic E-state index is -4.16. The van der Waals surface area contributed by atoms with Crippen LogP contribution in [0.2, 0.25) is 0 Å². The van der Waals surface area contributed by atoms with Crippen molar-refractivity contribution in [2.45, 2.75) is 6.42 Å². The molecule has 100 valence electrons. The molecular formula is C9H19N3O4S. The van der Waals surface area contributed by atoms with E-state index >= 15 is 0 Å². The summed E-state index contributed by atoms with van der Waals surface area (Å²) in [5, 5.41) is 0. The highest BCUT2D eigenvalue weighted by Crippen LogP contribution is 2.03. The van der Waals surface area contributed by atoms with Crippen LogP contribution >= 0.6 is 0 Å². The second kappa shape index (κ2) is 8.18. The summed E-state index contributed by atoms with van der Waals surface area (Å²) in [5.41, 5.74) is 5.44. The van der Waals surface area contributed by atoms with Crippen molar-refractivity contribution < 1.29 is 17.2 Å². The van der Waals surface area contributed by atoms with Crippen LogP contribution in [0.25, 0.3) is 0 Å². The summed E-state index contributed by atoms with van der Waals surface area (Å²) in [5.74, 6) is 1.14. The molecule has 0 radical (unpaired) electrons. The molecule has 0 amide bonds. The van der Waals surface area contributed by atoms with Crippen molar-refractivity contribution in [3.8, 4) is 0 Å². The number of nitrogens with zero attached hydrogens (tertiary/aromatic N) is 2. The van der Waals surface area contributed by atoms with Gasteiger partial charge >= 0.3 is 10.4 Å². The molecule has 0 saturated carbocycles. The zero-order chi connectivity index (χ0) is 13.3. The maximum atomic E-state index is 9.33. The van der Waals surface area contributed by atoms with E-state index in [1.54, 1.807) is 0 Å². The Morgan fingerprint density at radius 1 is 1.71 bits per heavy atom. The van der Waals surface area contributed by atoms with Gasteiger partial charge in [-0.25, -0.2) is 0 Å². The SMILES string of the molecule is C=CCC1=NCCN1CCN.COS(=O)(=O)O.